The summed E-state index contributed by atoms with van der Waals surface area (Å²) in [4.78, 5) is 0. The van der Waals surface area contributed by atoms with Gasteiger partial charge in [-0.3, -0.25) is 0 Å². The normalized spacial score (nSPS) is 38.3. The molecule has 2 fully saturated rings. The smallest absolute Gasteiger partial charge is 0.0929 e. The fourth-order valence-corrected chi connectivity index (χ4v) is 3.40. The highest BCUT2D eigenvalue weighted by Gasteiger charge is 2.48. The molecule has 0 unspecified atom stereocenters. The number of alkyl halides is 1. The number of halogens is 1. The summed E-state index contributed by atoms with van der Waals surface area (Å²) in [6, 6.07) is 0. The lowest BCUT2D eigenvalue weighted by Gasteiger charge is -2.35. The van der Waals surface area contributed by atoms with Crippen LogP contribution >= 0.6 is 22.6 Å². The van der Waals surface area contributed by atoms with Crippen LogP contribution in [0.25, 0.3) is 0 Å². The van der Waals surface area contributed by atoms with E-state index in [0.29, 0.717) is 0 Å². The zero-order chi connectivity index (χ0) is 9.31. The minimum Gasteiger partial charge on any atom is -0.390 e. The fourth-order valence-electron chi connectivity index (χ4n) is 2.67. The predicted octanol–water partition coefficient (Wildman–Crippen LogP) is 2.13. The predicted molar refractivity (Wildman–Crippen MR) is 60.2 cm³/mol. The summed E-state index contributed by atoms with van der Waals surface area (Å²) in [5.74, 6) is 0. The number of aliphatic hydroxyl groups excluding tert-OH is 1. The van der Waals surface area contributed by atoms with Gasteiger partial charge < -0.3 is 9.84 Å². The van der Waals surface area contributed by atoms with Crippen molar-refractivity contribution >= 4 is 22.6 Å². The molecule has 2 atom stereocenters. The maximum absolute atomic E-state index is 10.1. The second kappa shape index (κ2) is 4.03. The zero-order valence-corrected chi connectivity index (χ0v) is 10.00. The van der Waals surface area contributed by atoms with Crippen LogP contribution in [-0.2, 0) is 4.74 Å². The molecule has 2 aliphatic rings. The maximum Gasteiger partial charge on any atom is 0.0929 e. The van der Waals surface area contributed by atoms with E-state index in [0.717, 1.165) is 11.0 Å². The van der Waals surface area contributed by atoms with Crippen molar-refractivity contribution in [2.75, 3.05) is 11.0 Å². The van der Waals surface area contributed by atoms with Crippen LogP contribution in [0.5, 0.6) is 0 Å². The summed E-state index contributed by atoms with van der Waals surface area (Å²) in [5, 5.41) is 10.1. The van der Waals surface area contributed by atoms with Gasteiger partial charge in [0.1, 0.15) is 0 Å². The Kier molecular flexibility index (Phi) is 3.15. The number of ether oxygens (including phenoxy) is 1. The van der Waals surface area contributed by atoms with E-state index in [1.807, 2.05) is 0 Å². The summed E-state index contributed by atoms with van der Waals surface area (Å²) in [6.07, 6.45) is 6.11. The molecule has 1 aliphatic carbocycles. The second-order valence-electron chi connectivity index (χ2n) is 4.37. The monoisotopic (exact) mass is 296 g/mol. The molecule has 3 heteroatoms. The van der Waals surface area contributed by atoms with Gasteiger partial charge in [-0.25, -0.2) is 0 Å². The molecule has 2 nitrogen and oxygen atoms in total. The van der Waals surface area contributed by atoms with Gasteiger partial charge in [-0.05, 0) is 12.8 Å². The van der Waals surface area contributed by atoms with Crippen molar-refractivity contribution in [3.63, 3.8) is 0 Å². The Hall–Kier alpha value is 0.650. The lowest BCUT2D eigenvalue weighted by molar-refractivity contribution is 0.0212. The van der Waals surface area contributed by atoms with Crippen LogP contribution in [0, 0.1) is 5.41 Å². The van der Waals surface area contributed by atoms with Crippen LogP contribution in [0.2, 0.25) is 0 Å². The van der Waals surface area contributed by atoms with Crippen LogP contribution in [0.1, 0.15) is 32.1 Å². The van der Waals surface area contributed by atoms with E-state index in [4.69, 9.17) is 4.74 Å². The molecule has 76 valence electrons. The van der Waals surface area contributed by atoms with Gasteiger partial charge in [-0.2, -0.15) is 0 Å². The maximum atomic E-state index is 10.1. The summed E-state index contributed by atoms with van der Waals surface area (Å²) in [7, 11) is 0. The average molecular weight is 296 g/mol. The average Bonchev–Trinajstić information content (AvgIpc) is 2.47. The lowest BCUT2D eigenvalue weighted by Crippen LogP contribution is -2.39. The molecule has 1 spiro atoms. The van der Waals surface area contributed by atoms with Gasteiger partial charge in [0.15, 0.2) is 0 Å². The minimum atomic E-state index is -0.204. The molecule has 1 aliphatic heterocycles. The molecule has 1 heterocycles. The molecule has 2 rings (SSSR count). The Morgan fingerprint density at radius 3 is 2.54 bits per heavy atom. The van der Waals surface area contributed by atoms with Crippen molar-refractivity contribution < 1.29 is 9.84 Å². The fraction of sp³-hybridized carbons (Fsp3) is 1.00. The first-order valence-electron chi connectivity index (χ1n) is 5.14. The van der Waals surface area contributed by atoms with E-state index >= 15 is 0 Å². The molecule has 1 saturated carbocycles. The molecule has 13 heavy (non-hydrogen) atoms. The second-order valence-corrected chi connectivity index (χ2v) is 5.25. The van der Waals surface area contributed by atoms with E-state index in [-0.39, 0.29) is 17.6 Å². The van der Waals surface area contributed by atoms with Gasteiger partial charge in [0.2, 0.25) is 0 Å². The van der Waals surface area contributed by atoms with Gasteiger partial charge >= 0.3 is 0 Å². The summed E-state index contributed by atoms with van der Waals surface area (Å²) >= 11 is 2.30. The standard InChI is InChI=1S/C10H17IO2/c11-6-8-9(12)10(7-13-8)4-2-1-3-5-10/h8-9,12H,1-7H2/t8-,9-/m1/s1. The molecule has 1 N–H and O–H groups in total. The first kappa shape index (κ1) is 10.2. The highest BCUT2D eigenvalue weighted by Crippen LogP contribution is 2.45. The molecule has 1 saturated heterocycles. The van der Waals surface area contributed by atoms with Crippen molar-refractivity contribution in [3.8, 4) is 0 Å². The molecule has 0 aromatic carbocycles. The third kappa shape index (κ3) is 1.75. The van der Waals surface area contributed by atoms with E-state index in [1.54, 1.807) is 0 Å². The Morgan fingerprint density at radius 2 is 2.00 bits per heavy atom. The number of aliphatic hydroxyl groups is 1. The summed E-state index contributed by atoms with van der Waals surface area (Å²) in [5.41, 5.74) is 0.133. The van der Waals surface area contributed by atoms with E-state index < -0.39 is 0 Å². The van der Waals surface area contributed by atoms with Crippen LogP contribution < -0.4 is 0 Å². The largest absolute Gasteiger partial charge is 0.390 e. The van der Waals surface area contributed by atoms with E-state index in [1.165, 1.54) is 32.1 Å². The summed E-state index contributed by atoms with van der Waals surface area (Å²) in [6.45, 7) is 0.793. The first-order chi connectivity index (χ1) is 6.28. The van der Waals surface area contributed by atoms with Crippen LogP contribution in [0.15, 0.2) is 0 Å². The third-order valence-corrected chi connectivity index (χ3v) is 4.43. The quantitative estimate of drug-likeness (QED) is 0.593. The van der Waals surface area contributed by atoms with Gasteiger partial charge in [0, 0.05) is 9.84 Å². The van der Waals surface area contributed by atoms with Crippen molar-refractivity contribution in [1.29, 1.82) is 0 Å². The van der Waals surface area contributed by atoms with Gasteiger partial charge in [-0.15, -0.1) is 0 Å². The van der Waals surface area contributed by atoms with Crippen molar-refractivity contribution in [2.45, 2.75) is 44.3 Å². The number of hydrogen-bond acceptors (Lipinski definition) is 2. The highest BCUT2D eigenvalue weighted by molar-refractivity contribution is 14.1. The lowest BCUT2D eigenvalue weighted by atomic mass is 9.71. The van der Waals surface area contributed by atoms with Crippen LogP contribution in [0.4, 0.5) is 0 Å². The van der Waals surface area contributed by atoms with Crippen molar-refractivity contribution in [1.82, 2.24) is 0 Å². The molecular formula is C10H17IO2. The van der Waals surface area contributed by atoms with Gasteiger partial charge in [0.25, 0.3) is 0 Å². The summed E-state index contributed by atoms with van der Waals surface area (Å²) < 4.78 is 6.57. The molecule has 0 amide bonds. The molecule has 0 bridgehead atoms. The Bertz CT molecular complexity index is 178. The number of rotatable bonds is 1. The van der Waals surface area contributed by atoms with Crippen molar-refractivity contribution in [3.05, 3.63) is 0 Å². The van der Waals surface area contributed by atoms with E-state index in [2.05, 4.69) is 22.6 Å². The molecular weight excluding hydrogens is 279 g/mol. The topological polar surface area (TPSA) is 29.5 Å². The van der Waals surface area contributed by atoms with E-state index in [9.17, 15) is 5.11 Å². The SMILES string of the molecule is O[C@@H]1[C@@H](CI)OCC12CCCCC2. The Balaban J connectivity index is 2.06. The van der Waals surface area contributed by atoms with Gasteiger partial charge in [-0.1, -0.05) is 41.9 Å². The number of hydrogen-bond donors (Lipinski definition) is 1. The zero-order valence-electron chi connectivity index (χ0n) is 7.84. The van der Waals surface area contributed by atoms with Crippen LogP contribution in [-0.4, -0.2) is 28.3 Å². The Morgan fingerprint density at radius 1 is 1.31 bits per heavy atom. The highest BCUT2D eigenvalue weighted by atomic mass is 127. The molecule has 0 radical (unpaired) electrons. The Labute approximate surface area is 93.2 Å². The third-order valence-electron chi connectivity index (χ3n) is 3.57. The molecule has 0 aromatic heterocycles. The van der Waals surface area contributed by atoms with Gasteiger partial charge in [0.05, 0.1) is 18.8 Å². The first-order valence-corrected chi connectivity index (χ1v) is 6.67. The molecule has 0 aromatic rings. The van der Waals surface area contributed by atoms with Crippen molar-refractivity contribution in [2.24, 2.45) is 5.41 Å². The van der Waals surface area contributed by atoms with Crippen LogP contribution in [0.3, 0.4) is 0 Å². The minimum absolute atomic E-state index is 0.0960.